The Morgan fingerprint density at radius 3 is 2.88 bits per heavy atom. The SMILES string of the molecule is CCCNCc1ccc(-c2cccc(Br)c2)o1. The minimum Gasteiger partial charge on any atom is -0.460 e. The lowest BCUT2D eigenvalue weighted by molar-refractivity contribution is 0.493. The summed E-state index contributed by atoms with van der Waals surface area (Å²) in [6, 6.07) is 12.2. The van der Waals surface area contributed by atoms with Gasteiger partial charge in [0.2, 0.25) is 0 Å². The zero-order chi connectivity index (χ0) is 12.1. The van der Waals surface area contributed by atoms with Crippen molar-refractivity contribution in [2.24, 2.45) is 0 Å². The molecule has 0 aliphatic carbocycles. The molecule has 0 atom stereocenters. The minimum absolute atomic E-state index is 0.793. The van der Waals surface area contributed by atoms with Gasteiger partial charge >= 0.3 is 0 Å². The van der Waals surface area contributed by atoms with Crippen LogP contribution in [0.5, 0.6) is 0 Å². The van der Waals surface area contributed by atoms with Crippen molar-refractivity contribution in [2.75, 3.05) is 6.54 Å². The molecule has 0 aliphatic heterocycles. The molecule has 0 spiro atoms. The smallest absolute Gasteiger partial charge is 0.134 e. The standard InChI is InChI=1S/C14H16BrNO/c1-2-8-16-10-13-6-7-14(17-13)11-4-3-5-12(15)9-11/h3-7,9,16H,2,8,10H2,1H3. The molecule has 90 valence electrons. The molecule has 2 rings (SSSR count). The van der Waals surface area contributed by atoms with Gasteiger partial charge in [-0.15, -0.1) is 0 Å². The predicted molar refractivity (Wildman–Crippen MR) is 73.8 cm³/mol. The van der Waals surface area contributed by atoms with E-state index in [9.17, 15) is 0 Å². The molecule has 1 heterocycles. The van der Waals surface area contributed by atoms with Crippen LogP contribution in [0.3, 0.4) is 0 Å². The van der Waals surface area contributed by atoms with Crippen LogP contribution in [0, 0.1) is 0 Å². The summed E-state index contributed by atoms with van der Waals surface area (Å²) in [6.07, 6.45) is 1.14. The topological polar surface area (TPSA) is 25.2 Å². The first-order valence-corrected chi connectivity index (χ1v) is 6.64. The fourth-order valence-corrected chi connectivity index (χ4v) is 2.06. The van der Waals surface area contributed by atoms with E-state index in [1.54, 1.807) is 0 Å². The van der Waals surface area contributed by atoms with Crippen molar-refractivity contribution >= 4 is 15.9 Å². The van der Waals surface area contributed by atoms with Crippen LogP contribution in [0.2, 0.25) is 0 Å². The molecule has 0 saturated heterocycles. The van der Waals surface area contributed by atoms with Crippen LogP contribution in [0.25, 0.3) is 11.3 Å². The molecule has 3 heteroatoms. The van der Waals surface area contributed by atoms with Gasteiger partial charge in [-0.05, 0) is 37.2 Å². The molecule has 2 nitrogen and oxygen atoms in total. The fourth-order valence-electron chi connectivity index (χ4n) is 1.66. The monoisotopic (exact) mass is 293 g/mol. The maximum absolute atomic E-state index is 5.79. The van der Waals surface area contributed by atoms with E-state index >= 15 is 0 Å². The molecule has 1 N–H and O–H groups in total. The average Bonchev–Trinajstić information content (AvgIpc) is 2.78. The summed E-state index contributed by atoms with van der Waals surface area (Å²) in [5, 5.41) is 3.32. The van der Waals surface area contributed by atoms with Gasteiger partial charge in [0, 0.05) is 10.0 Å². The number of benzene rings is 1. The second-order valence-electron chi connectivity index (χ2n) is 3.95. The molecular weight excluding hydrogens is 278 g/mol. The largest absolute Gasteiger partial charge is 0.460 e. The molecule has 0 aliphatic rings. The van der Waals surface area contributed by atoms with Gasteiger partial charge in [0.25, 0.3) is 0 Å². The molecule has 2 aromatic rings. The lowest BCUT2D eigenvalue weighted by Crippen LogP contribution is -2.12. The Morgan fingerprint density at radius 1 is 1.24 bits per heavy atom. The highest BCUT2D eigenvalue weighted by Gasteiger charge is 2.04. The van der Waals surface area contributed by atoms with Crippen LogP contribution >= 0.6 is 15.9 Å². The van der Waals surface area contributed by atoms with Crippen molar-refractivity contribution < 1.29 is 4.42 Å². The van der Waals surface area contributed by atoms with Crippen molar-refractivity contribution in [1.82, 2.24) is 5.32 Å². The molecule has 0 amide bonds. The van der Waals surface area contributed by atoms with Gasteiger partial charge in [-0.3, -0.25) is 0 Å². The first kappa shape index (κ1) is 12.4. The van der Waals surface area contributed by atoms with E-state index in [0.717, 1.165) is 41.1 Å². The maximum atomic E-state index is 5.79. The molecule has 1 aromatic heterocycles. The highest BCUT2D eigenvalue weighted by atomic mass is 79.9. The zero-order valence-electron chi connectivity index (χ0n) is 9.87. The van der Waals surface area contributed by atoms with Crippen molar-refractivity contribution in [2.45, 2.75) is 19.9 Å². The number of hydrogen-bond donors (Lipinski definition) is 1. The van der Waals surface area contributed by atoms with Gasteiger partial charge in [-0.2, -0.15) is 0 Å². The van der Waals surface area contributed by atoms with E-state index in [0.29, 0.717) is 0 Å². The average molecular weight is 294 g/mol. The first-order valence-electron chi connectivity index (χ1n) is 5.85. The summed E-state index contributed by atoms with van der Waals surface area (Å²) in [6.45, 7) is 3.97. The van der Waals surface area contributed by atoms with Crippen molar-refractivity contribution in [3.8, 4) is 11.3 Å². The molecule has 0 radical (unpaired) electrons. The molecule has 0 saturated carbocycles. The Morgan fingerprint density at radius 2 is 2.12 bits per heavy atom. The number of nitrogens with one attached hydrogen (secondary N) is 1. The summed E-state index contributed by atoms with van der Waals surface area (Å²) in [5.41, 5.74) is 1.10. The van der Waals surface area contributed by atoms with Crippen LogP contribution in [0.15, 0.2) is 45.3 Å². The molecule has 0 fully saturated rings. The Labute approximate surface area is 110 Å². The van der Waals surface area contributed by atoms with Crippen LogP contribution in [0.1, 0.15) is 19.1 Å². The number of rotatable bonds is 5. The van der Waals surface area contributed by atoms with Gasteiger partial charge < -0.3 is 9.73 Å². The van der Waals surface area contributed by atoms with Gasteiger partial charge in [0.05, 0.1) is 6.54 Å². The molecule has 0 bridgehead atoms. The number of furan rings is 1. The summed E-state index contributed by atoms with van der Waals surface area (Å²) in [7, 11) is 0. The second kappa shape index (κ2) is 6.03. The van der Waals surface area contributed by atoms with Gasteiger partial charge in [0.15, 0.2) is 0 Å². The van der Waals surface area contributed by atoms with E-state index < -0.39 is 0 Å². The Bertz CT molecular complexity index is 479. The summed E-state index contributed by atoms with van der Waals surface area (Å²) in [4.78, 5) is 0. The van der Waals surface area contributed by atoms with Gasteiger partial charge in [-0.25, -0.2) is 0 Å². The third-order valence-electron chi connectivity index (χ3n) is 2.50. The number of hydrogen-bond acceptors (Lipinski definition) is 2. The normalized spacial score (nSPS) is 10.7. The molecule has 0 unspecified atom stereocenters. The van der Waals surface area contributed by atoms with E-state index in [-0.39, 0.29) is 0 Å². The van der Waals surface area contributed by atoms with Crippen molar-refractivity contribution in [1.29, 1.82) is 0 Å². The quantitative estimate of drug-likeness (QED) is 0.836. The fraction of sp³-hybridized carbons (Fsp3) is 0.286. The van der Waals surface area contributed by atoms with Crippen molar-refractivity contribution in [3.63, 3.8) is 0 Å². The Hall–Kier alpha value is -1.06. The second-order valence-corrected chi connectivity index (χ2v) is 4.87. The van der Waals surface area contributed by atoms with Crippen LogP contribution in [-0.2, 0) is 6.54 Å². The van der Waals surface area contributed by atoms with E-state index in [1.165, 1.54) is 0 Å². The van der Waals surface area contributed by atoms with Crippen molar-refractivity contribution in [3.05, 3.63) is 46.6 Å². The number of halogens is 1. The summed E-state index contributed by atoms with van der Waals surface area (Å²) < 4.78 is 6.85. The zero-order valence-corrected chi connectivity index (χ0v) is 11.5. The van der Waals surface area contributed by atoms with Gasteiger partial charge in [-0.1, -0.05) is 35.0 Å². The maximum Gasteiger partial charge on any atom is 0.134 e. The van der Waals surface area contributed by atoms with Crippen LogP contribution in [0.4, 0.5) is 0 Å². The van der Waals surface area contributed by atoms with Gasteiger partial charge in [0.1, 0.15) is 11.5 Å². The first-order chi connectivity index (χ1) is 8.29. The Kier molecular flexibility index (Phi) is 4.40. The van der Waals surface area contributed by atoms with E-state index in [4.69, 9.17) is 4.42 Å². The van der Waals surface area contributed by atoms with Crippen LogP contribution in [-0.4, -0.2) is 6.54 Å². The lowest BCUT2D eigenvalue weighted by atomic mass is 10.2. The minimum atomic E-state index is 0.793. The molecule has 1 aromatic carbocycles. The highest BCUT2D eigenvalue weighted by Crippen LogP contribution is 2.24. The van der Waals surface area contributed by atoms with Crippen LogP contribution < -0.4 is 5.32 Å². The van der Waals surface area contributed by atoms with E-state index in [2.05, 4.69) is 34.2 Å². The summed E-state index contributed by atoms with van der Waals surface area (Å²) in [5.74, 6) is 1.90. The predicted octanol–water partition coefficient (Wildman–Crippen LogP) is 4.21. The summed E-state index contributed by atoms with van der Waals surface area (Å²) >= 11 is 3.46. The third-order valence-corrected chi connectivity index (χ3v) is 2.99. The Balaban J connectivity index is 2.07. The molecule has 17 heavy (non-hydrogen) atoms. The van der Waals surface area contributed by atoms with E-state index in [1.807, 2.05) is 30.3 Å². The highest BCUT2D eigenvalue weighted by molar-refractivity contribution is 9.10. The third kappa shape index (κ3) is 3.45. The molecular formula is C14H16BrNO. The lowest BCUT2D eigenvalue weighted by Gasteiger charge is -2.00.